The predicted molar refractivity (Wildman–Crippen MR) is 79.6 cm³/mol. The summed E-state index contributed by atoms with van der Waals surface area (Å²) >= 11 is 1.45. The maximum atomic E-state index is 12.6. The Kier molecular flexibility index (Phi) is 3.54. The minimum absolute atomic E-state index is 0.00273. The van der Waals surface area contributed by atoms with Gasteiger partial charge in [0.25, 0.3) is 5.91 Å². The Morgan fingerprint density at radius 3 is 3.05 bits per heavy atom. The molecule has 3 rings (SSSR count). The smallest absolute Gasteiger partial charge is 0.273 e. The van der Waals surface area contributed by atoms with Gasteiger partial charge in [0.2, 0.25) is 0 Å². The molecule has 1 aliphatic rings. The van der Waals surface area contributed by atoms with Gasteiger partial charge in [-0.25, -0.2) is 4.98 Å². The Bertz CT molecular complexity index is 638. The minimum atomic E-state index is 0.00273. The molecule has 1 aromatic carbocycles. The molecule has 0 saturated heterocycles. The van der Waals surface area contributed by atoms with E-state index in [1.165, 1.54) is 22.5 Å². The number of hydrogen-bond donors (Lipinski definition) is 1. The maximum Gasteiger partial charge on any atom is 0.273 e. The largest absolute Gasteiger partial charge is 0.330 e. The molecule has 0 aliphatic carbocycles. The van der Waals surface area contributed by atoms with E-state index in [0.29, 0.717) is 12.2 Å². The van der Waals surface area contributed by atoms with E-state index in [-0.39, 0.29) is 11.9 Å². The zero-order chi connectivity index (χ0) is 14.1. The highest BCUT2D eigenvalue weighted by Gasteiger charge is 2.29. The fourth-order valence-electron chi connectivity index (χ4n) is 2.70. The number of nitrogens with two attached hydrogens (primary N) is 1. The van der Waals surface area contributed by atoms with Crippen LogP contribution in [0.25, 0.3) is 0 Å². The molecule has 4 nitrogen and oxygen atoms in total. The molecule has 20 heavy (non-hydrogen) atoms. The molecule has 2 N–H and O–H groups in total. The molecular weight excluding hydrogens is 270 g/mol. The normalized spacial score (nSPS) is 17.9. The molecule has 1 unspecified atom stereocenters. The molecule has 5 heteroatoms. The minimum Gasteiger partial charge on any atom is -0.330 e. The number of thiazole rings is 1. The molecule has 0 fully saturated rings. The summed E-state index contributed by atoms with van der Waals surface area (Å²) in [4.78, 5) is 18.8. The van der Waals surface area contributed by atoms with E-state index >= 15 is 0 Å². The number of nitrogens with zero attached hydrogens (tertiary/aromatic N) is 2. The number of hydrogen-bond acceptors (Lipinski definition) is 4. The predicted octanol–water partition coefficient (Wildman–Crippen LogP) is 2.36. The molecule has 1 aromatic heterocycles. The van der Waals surface area contributed by atoms with Crippen molar-refractivity contribution in [1.29, 1.82) is 0 Å². The van der Waals surface area contributed by atoms with Crippen LogP contribution in [0.1, 0.15) is 39.6 Å². The summed E-state index contributed by atoms with van der Waals surface area (Å²) in [5.41, 5.74) is 8.65. The second kappa shape index (κ2) is 5.34. The molecule has 0 saturated carbocycles. The lowest BCUT2D eigenvalue weighted by Crippen LogP contribution is -2.39. The van der Waals surface area contributed by atoms with Gasteiger partial charge in [-0.3, -0.25) is 4.79 Å². The molecule has 2 aromatic rings. The van der Waals surface area contributed by atoms with Crippen molar-refractivity contribution in [1.82, 2.24) is 9.88 Å². The Labute approximate surface area is 122 Å². The first-order valence-electron chi connectivity index (χ1n) is 6.74. The van der Waals surface area contributed by atoms with E-state index in [1.807, 2.05) is 11.0 Å². The lowest BCUT2D eigenvalue weighted by Gasteiger charge is -2.34. The first-order valence-corrected chi connectivity index (χ1v) is 7.62. The zero-order valence-electron chi connectivity index (χ0n) is 11.4. The van der Waals surface area contributed by atoms with Crippen molar-refractivity contribution in [3.63, 3.8) is 0 Å². The van der Waals surface area contributed by atoms with Crippen molar-refractivity contribution in [2.45, 2.75) is 25.9 Å². The quantitative estimate of drug-likeness (QED) is 0.922. The molecule has 1 atom stereocenters. The lowest BCUT2D eigenvalue weighted by atomic mass is 9.93. The number of benzene rings is 1. The van der Waals surface area contributed by atoms with Crippen LogP contribution in [0.4, 0.5) is 0 Å². The van der Waals surface area contributed by atoms with E-state index in [1.54, 1.807) is 5.38 Å². The number of fused-ring (bicyclic) bond motifs is 1. The summed E-state index contributed by atoms with van der Waals surface area (Å²) < 4.78 is 0. The number of rotatable bonds is 2. The van der Waals surface area contributed by atoms with Crippen LogP contribution in [0.15, 0.2) is 29.6 Å². The monoisotopic (exact) mass is 287 g/mol. The van der Waals surface area contributed by atoms with Gasteiger partial charge in [-0.05, 0) is 24.5 Å². The molecular formula is C15H17N3OS. The van der Waals surface area contributed by atoms with E-state index in [9.17, 15) is 4.79 Å². The average molecular weight is 287 g/mol. The summed E-state index contributed by atoms with van der Waals surface area (Å²) in [6.07, 6.45) is 0.903. The number of aromatic nitrogens is 1. The van der Waals surface area contributed by atoms with Crippen molar-refractivity contribution < 1.29 is 4.79 Å². The second-order valence-corrected chi connectivity index (χ2v) is 5.90. The molecule has 1 amide bonds. The summed E-state index contributed by atoms with van der Waals surface area (Å²) in [6.45, 7) is 3.20. The van der Waals surface area contributed by atoms with Crippen molar-refractivity contribution in [3.8, 4) is 0 Å². The van der Waals surface area contributed by atoms with Gasteiger partial charge in [0.05, 0.1) is 6.04 Å². The van der Waals surface area contributed by atoms with Crippen LogP contribution in [0.5, 0.6) is 0 Å². The number of carbonyl (C=O) groups is 1. The molecule has 2 heterocycles. The third-order valence-electron chi connectivity index (χ3n) is 3.80. The number of amides is 1. The molecule has 104 valence electrons. The maximum absolute atomic E-state index is 12.6. The van der Waals surface area contributed by atoms with E-state index in [0.717, 1.165) is 18.0 Å². The summed E-state index contributed by atoms with van der Waals surface area (Å²) in [5.74, 6) is 0.00273. The van der Waals surface area contributed by atoms with E-state index in [2.05, 4.69) is 30.1 Å². The lowest BCUT2D eigenvalue weighted by molar-refractivity contribution is 0.0672. The van der Waals surface area contributed by atoms with Crippen LogP contribution in [0.3, 0.4) is 0 Å². The molecule has 0 bridgehead atoms. The van der Waals surface area contributed by atoms with Crippen LogP contribution in [-0.4, -0.2) is 22.3 Å². The van der Waals surface area contributed by atoms with Crippen LogP contribution < -0.4 is 5.73 Å². The Hall–Kier alpha value is -1.72. The highest BCUT2D eigenvalue weighted by molar-refractivity contribution is 7.09. The van der Waals surface area contributed by atoms with Crippen molar-refractivity contribution in [2.75, 3.05) is 6.54 Å². The highest BCUT2D eigenvalue weighted by atomic mass is 32.1. The van der Waals surface area contributed by atoms with Gasteiger partial charge in [0.15, 0.2) is 0 Å². The first kappa shape index (κ1) is 13.3. The topological polar surface area (TPSA) is 59.2 Å². The Balaban J connectivity index is 1.86. The van der Waals surface area contributed by atoms with Crippen molar-refractivity contribution >= 4 is 17.2 Å². The van der Waals surface area contributed by atoms with Crippen LogP contribution in [-0.2, 0) is 13.0 Å². The third-order valence-corrected chi connectivity index (χ3v) is 4.67. The SMILES string of the molecule is CC1c2ccccc2CCN1C(=O)c1csc(CN)n1. The Morgan fingerprint density at radius 1 is 1.50 bits per heavy atom. The second-order valence-electron chi connectivity index (χ2n) is 4.95. The molecule has 0 spiro atoms. The van der Waals surface area contributed by atoms with Gasteiger partial charge < -0.3 is 10.6 Å². The first-order chi connectivity index (χ1) is 9.70. The third kappa shape index (κ3) is 2.23. The highest BCUT2D eigenvalue weighted by Crippen LogP contribution is 2.30. The average Bonchev–Trinajstić information content (AvgIpc) is 2.96. The van der Waals surface area contributed by atoms with Crippen molar-refractivity contribution in [3.05, 3.63) is 51.5 Å². The van der Waals surface area contributed by atoms with Crippen molar-refractivity contribution in [2.24, 2.45) is 5.73 Å². The molecule has 0 radical (unpaired) electrons. The van der Waals surface area contributed by atoms with Crippen LogP contribution in [0.2, 0.25) is 0 Å². The van der Waals surface area contributed by atoms with E-state index in [4.69, 9.17) is 5.73 Å². The summed E-state index contributed by atoms with van der Waals surface area (Å²) in [6, 6.07) is 8.42. The van der Waals surface area contributed by atoms with Crippen LogP contribution >= 0.6 is 11.3 Å². The van der Waals surface area contributed by atoms with Gasteiger partial charge in [-0.15, -0.1) is 11.3 Å². The van der Waals surface area contributed by atoms with Gasteiger partial charge in [-0.1, -0.05) is 24.3 Å². The number of carbonyl (C=O) groups excluding carboxylic acids is 1. The standard InChI is InChI=1S/C15H17N3OS/c1-10-12-5-3-2-4-11(12)6-7-18(10)15(19)13-9-20-14(8-16)17-13/h2-5,9-10H,6-8,16H2,1H3. The van der Waals surface area contributed by atoms with Gasteiger partial charge >= 0.3 is 0 Å². The Morgan fingerprint density at radius 2 is 2.30 bits per heavy atom. The van der Waals surface area contributed by atoms with Gasteiger partial charge in [0, 0.05) is 18.5 Å². The molecule has 1 aliphatic heterocycles. The van der Waals surface area contributed by atoms with Gasteiger partial charge in [0.1, 0.15) is 10.7 Å². The fraction of sp³-hybridized carbons (Fsp3) is 0.333. The summed E-state index contributed by atoms with van der Waals surface area (Å²) in [7, 11) is 0. The van der Waals surface area contributed by atoms with E-state index < -0.39 is 0 Å². The summed E-state index contributed by atoms with van der Waals surface area (Å²) in [5, 5.41) is 2.61. The zero-order valence-corrected chi connectivity index (χ0v) is 12.2. The van der Waals surface area contributed by atoms with Gasteiger partial charge in [-0.2, -0.15) is 0 Å². The van der Waals surface area contributed by atoms with Crippen LogP contribution in [0, 0.1) is 0 Å². The fourth-order valence-corrected chi connectivity index (χ4v) is 3.35.